The predicted molar refractivity (Wildman–Crippen MR) is 82.2 cm³/mol. The van der Waals surface area contributed by atoms with Crippen LogP contribution in [-0.2, 0) is 9.59 Å². The molecule has 3 aromatic rings. The van der Waals surface area contributed by atoms with Crippen molar-refractivity contribution < 1.29 is 9.59 Å². The number of carbonyl (C=O) groups is 2. The van der Waals surface area contributed by atoms with Gasteiger partial charge in [0.05, 0.1) is 11.1 Å². The van der Waals surface area contributed by atoms with E-state index in [0.717, 1.165) is 22.3 Å². The van der Waals surface area contributed by atoms with Gasteiger partial charge in [-0.1, -0.05) is 24.3 Å². The molecule has 1 aliphatic rings. The number of hydrogen-bond acceptors (Lipinski definition) is 3. The second-order valence-electron chi connectivity index (χ2n) is 4.99. The monoisotopic (exact) mass is 289 g/mol. The lowest BCUT2D eigenvalue weighted by Crippen LogP contribution is -2.21. The highest BCUT2D eigenvalue weighted by atomic mass is 16.2. The fraction of sp³-hybridized carbons (Fsp3) is 0. The number of imide groups is 1. The van der Waals surface area contributed by atoms with Crippen molar-refractivity contribution in [1.82, 2.24) is 14.9 Å². The Morgan fingerprint density at radius 2 is 1.82 bits per heavy atom. The Balaban J connectivity index is 2.00. The number of hydrogen-bond donors (Lipinski definition) is 1. The van der Waals surface area contributed by atoms with Crippen LogP contribution in [0.4, 0.5) is 0 Å². The fourth-order valence-corrected chi connectivity index (χ4v) is 2.69. The zero-order chi connectivity index (χ0) is 15.1. The summed E-state index contributed by atoms with van der Waals surface area (Å²) in [6.07, 6.45) is 4.90. The van der Waals surface area contributed by atoms with Gasteiger partial charge in [-0.25, -0.2) is 4.98 Å². The minimum Gasteiger partial charge on any atom is -0.301 e. The molecule has 0 radical (unpaired) electrons. The molecule has 2 amide bonds. The molecule has 1 aromatic carbocycles. The topological polar surface area (TPSA) is 64.0 Å². The van der Waals surface area contributed by atoms with E-state index in [-0.39, 0.29) is 11.8 Å². The van der Waals surface area contributed by atoms with Crippen LogP contribution in [0, 0.1) is 0 Å². The molecule has 5 heteroatoms. The highest BCUT2D eigenvalue weighted by Crippen LogP contribution is 2.30. The summed E-state index contributed by atoms with van der Waals surface area (Å²) >= 11 is 0. The van der Waals surface area contributed by atoms with Crippen LogP contribution in [0.3, 0.4) is 0 Å². The van der Waals surface area contributed by atoms with Gasteiger partial charge in [0.1, 0.15) is 5.82 Å². The van der Waals surface area contributed by atoms with Gasteiger partial charge in [0.2, 0.25) is 0 Å². The average Bonchev–Trinajstić information content (AvgIpc) is 3.08. The molecule has 106 valence electrons. The molecule has 0 fully saturated rings. The third-order valence-electron chi connectivity index (χ3n) is 3.66. The molecule has 0 bridgehead atoms. The lowest BCUT2D eigenvalue weighted by atomic mass is 10.1. The van der Waals surface area contributed by atoms with Crippen LogP contribution in [0.25, 0.3) is 22.3 Å². The van der Waals surface area contributed by atoms with Crippen molar-refractivity contribution in [3.8, 4) is 5.82 Å². The maximum Gasteiger partial charge on any atom is 0.258 e. The molecule has 0 saturated carbocycles. The maximum absolute atomic E-state index is 11.9. The first kappa shape index (κ1) is 12.5. The number of fused-ring (bicyclic) bond motifs is 1. The molecule has 0 atom stereocenters. The van der Waals surface area contributed by atoms with E-state index in [1.54, 1.807) is 6.20 Å². The molecule has 1 aliphatic heterocycles. The van der Waals surface area contributed by atoms with E-state index in [0.29, 0.717) is 5.57 Å². The summed E-state index contributed by atoms with van der Waals surface area (Å²) in [5.74, 6) is 0.0128. The summed E-state index contributed by atoms with van der Waals surface area (Å²) in [6.45, 7) is 0. The summed E-state index contributed by atoms with van der Waals surface area (Å²) in [7, 11) is 0. The fourth-order valence-electron chi connectivity index (χ4n) is 2.69. The number of aromatic nitrogens is 2. The number of carbonyl (C=O) groups excluding carboxylic acids is 2. The largest absolute Gasteiger partial charge is 0.301 e. The minimum atomic E-state index is -0.380. The quantitative estimate of drug-likeness (QED) is 0.734. The molecule has 4 rings (SSSR count). The van der Waals surface area contributed by atoms with E-state index >= 15 is 0 Å². The average molecular weight is 289 g/mol. The molecule has 0 unspecified atom stereocenters. The van der Waals surface area contributed by atoms with Crippen molar-refractivity contribution in [2.75, 3.05) is 0 Å². The summed E-state index contributed by atoms with van der Waals surface area (Å²) < 4.78 is 1.92. The second kappa shape index (κ2) is 4.66. The smallest absolute Gasteiger partial charge is 0.258 e. The van der Waals surface area contributed by atoms with E-state index in [2.05, 4.69) is 10.3 Å². The lowest BCUT2D eigenvalue weighted by Gasteiger charge is -2.02. The highest BCUT2D eigenvalue weighted by Gasteiger charge is 2.25. The zero-order valence-corrected chi connectivity index (χ0v) is 11.5. The van der Waals surface area contributed by atoms with Gasteiger partial charge in [-0.2, -0.15) is 0 Å². The van der Waals surface area contributed by atoms with Gasteiger partial charge in [0, 0.05) is 29.4 Å². The van der Waals surface area contributed by atoms with Gasteiger partial charge < -0.3 is 4.57 Å². The summed E-state index contributed by atoms with van der Waals surface area (Å²) in [6, 6.07) is 13.4. The minimum absolute atomic E-state index is 0.367. The van der Waals surface area contributed by atoms with Crippen LogP contribution in [-0.4, -0.2) is 21.4 Å². The normalized spacial score (nSPS) is 14.3. The number of para-hydroxylation sites is 1. The van der Waals surface area contributed by atoms with E-state index in [4.69, 9.17) is 0 Å². The summed E-state index contributed by atoms with van der Waals surface area (Å²) in [5, 5.41) is 3.19. The number of benzene rings is 1. The van der Waals surface area contributed by atoms with Gasteiger partial charge in [-0.05, 0) is 18.2 Å². The molecule has 22 heavy (non-hydrogen) atoms. The van der Waals surface area contributed by atoms with Crippen LogP contribution in [0.2, 0.25) is 0 Å². The van der Waals surface area contributed by atoms with Gasteiger partial charge in [-0.3, -0.25) is 14.9 Å². The van der Waals surface area contributed by atoms with E-state index < -0.39 is 0 Å². The Morgan fingerprint density at radius 1 is 1.00 bits per heavy atom. The van der Waals surface area contributed by atoms with Gasteiger partial charge >= 0.3 is 0 Å². The van der Waals surface area contributed by atoms with Crippen LogP contribution in [0.1, 0.15) is 5.56 Å². The third-order valence-corrected chi connectivity index (χ3v) is 3.66. The van der Waals surface area contributed by atoms with Crippen molar-refractivity contribution in [3.05, 3.63) is 66.5 Å². The molecule has 2 aromatic heterocycles. The number of rotatable bonds is 2. The van der Waals surface area contributed by atoms with Crippen LogP contribution in [0.15, 0.2) is 60.9 Å². The second-order valence-corrected chi connectivity index (χ2v) is 4.99. The van der Waals surface area contributed by atoms with Crippen molar-refractivity contribution in [1.29, 1.82) is 0 Å². The Hall–Kier alpha value is -3.21. The Bertz CT molecular complexity index is 939. The van der Waals surface area contributed by atoms with Gasteiger partial charge in [0.15, 0.2) is 0 Å². The first-order valence-corrected chi connectivity index (χ1v) is 6.83. The molecule has 0 saturated heterocycles. The first-order valence-electron chi connectivity index (χ1n) is 6.83. The zero-order valence-electron chi connectivity index (χ0n) is 11.5. The number of nitrogens with zero attached hydrogens (tertiary/aromatic N) is 2. The summed E-state index contributed by atoms with van der Waals surface area (Å²) in [5.41, 5.74) is 2.05. The molecule has 5 nitrogen and oxygen atoms in total. The van der Waals surface area contributed by atoms with Crippen LogP contribution in [0.5, 0.6) is 0 Å². The molecular weight excluding hydrogens is 278 g/mol. The van der Waals surface area contributed by atoms with Crippen molar-refractivity contribution >= 4 is 28.3 Å². The Morgan fingerprint density at radius 3 is 2.55 bits per heavy atom. The maximum atomic E-state index is 11.9. The van der Waals surface area contributed by atoms with Crippen LogP contribution >= 0.6 is 0 Å². The van der Waals surface area contributed by atoms with Gasteiger partial charge in [-0.15, -0.1) is 0 Å². The molecular formula is C17H11N3O2. The van der Waals surface area contributed by atoms with Crippen molar-refractivity contribution in [3.63, 3.8) is 0 Å². The first-order chi connectivity index (χ1) is 10.7. The Kier molecular flexibility index (Phi) is 2.66. The molecule has 0 spiro atoms. The number of pyridine rings is 1. The third kappa shape index (κ3) is 1.83. The SMILES string of the molecule is O=C1C=C(c2cn(-c3ccccn3)c3ccccc23)C(=O)N1. The highest BCUT2D eigenvalue weighted by molar-refractivity contribution is 6.35. The lowest BCUT2D eigenvalue weighted by molar-refractivity contribution is -0.123. The molecule has 3 heterocycles. The molecule has 1 N–H and O–H groups in total. The van der Waals surface area contributed by atoms with Gasteiger partial charge in [0.25, 0.3) is 11.8 Å². The van der Waals surface area contributed by atoms with E-state index in [1.807, 2.05) is 53.2 Å². The standard InChI is InChI=1S/C17H11N3O2/c21-16-9-12(17(22)19-16)13-10-20(15-7-3-4-8-18-15)14-6-2-1-5-11(13)14/h1-10H,(H,19,21,22). The Labute approximate surface area is 125 Å². The van der Waals surface area contributed by atoms with E-state index in [1.165, 1.54) is 6.08 Å². The number of amides is 2. The summed E-state index contributed by atoms with van der Waals surface area (Å²) in [4.78, 5) is 27.7. The van der Waals surface area contributed by atoms with Crippen LogP contribution < -0.4 is 5.32 Å². The predicted octanol–water partition coefficient (Wildman–Crippen LogP) is 2.07. The van der Waals surface area contributed by atoms with Crippen molar-refractivity contribution in [2.24, 2.45) is 0 Å². The molecule has 0 aliphatic carbocycles. The van der Waals surface area contributed by atoms with E-state index in [9.17, 15) is 9.59 Å². The van der Waals surface area contributed by atoms with Crippen molar-refractivity contribution in [2.45, 2.75) is 0 Å². The number of nitrogens with one attached hydrogen (secondary N) is 1.